The fraction of sp³-hybridized carbons (Fsp3) is 0.961. The maximum atomic E-state index is 12.1. The Balaban J connectivity index is 0.00000784. The molecule has 7 fully saturated rings. The van der Waals surface area contributed by atoms with Gasteiger partial charge in [0.2, 0.25) is 0 Å². The van der Waals surface area contributed by atoms with E-state index in [1.54, 1.807) is 0 Å². The monoisotopic (exact) mass is 1790 g/mol. The minimum atomic E-state index is -2.81. The van der Waals surface area contributed by atoms with Gasteiger partial charge in [-0.05, 0) is 13.8 Å². The molecule has 7 heterocycles. The first-order valence-corrected chi connectivity index (χ1v) is 29.1. The van der Waals surface area contributed by atoms with Crippen LogP contribution in [0.1, 0.15) is 13.8 Å². The van der Waals surface area contributed by atoms with Gasteiger partial charge in [0, 0.05) is 88.1 Å². The van der Waals surface area contributed by atoms with Gasteiger partial charge in [0.25, 0.3) is 0 Å². The molecule has 538 valence electrons. The molecule has 0 aliphatic carbocycles. The first kappa shape index (κ1) is 84.7. The molecule has 0 aromatic rings. The van der Waals surface area contributed by atoms with Crippen molar-refractivity contribution >= 4 is 0 Å². The fourth-order valence-electron chi connectivity index (χ4n) is 11.2. The molecule has 0 saturated carbocycles. The van der Waals surface area contributed by atoms with E-state index in [0.717, 1.165) is 0 Å². The van der Waals surface area contributed by atoms with Gasteiger partial charge in [-0.3, -0.25) is 0 Å². The molecule has 40 nitrogen and oxygen atoms in total. The Morgan fingerprint density at radius 3 is 1.14 bits per heavy atom. The van der Waals surface area contributed by atoms with E-state index in [4.69, 9.17) is 71.1 Å². The van der Waals surface area contributed by atoms with Gasteiger partial charge in [-0.25, -0.2) is 0 Å². The van der Waals surface area contributed by atoms with E-state index in [1.165, 1.54) is 19.9 Å². The van der Waals surface area contributed by atoms with Crippen molar-refractivity contribution in [1.82, 2.24) is 0 Å². The zero-order chi connectivity index (χ0) is 67.4. The van der Waals surface area contributed by atoms with Gasteiger partial charge < -0.3 is 200 Å². The van der Waals surface area contributed by atoms with Crippen molar-refractivity contribution in [2.75, 3.05) is 46.2 Å². The Kier molecular flexibility index (Phi) is 34.6. The van der Waals surface area contributed by atoms with Crippen LogP contribution in [0.15, 0.2) is 12.7 Å². The van der Waals surface area contributed by atoms with Crippen LogP contribution in [0.3, 0.4) is 0 Å². The summed E-state index contributed by atoms with van der Waals surface area (Å²) in [6.07, 6.45) is -75.5. The van der Waals surface area contributed by atoms with Crippen LogP contribution in [-0.2, 0) is 71.1 Å². The molecule has 0 aromatic heterocycles. The smallest absolute Gasteiger partial charge is 0.187 e. The van der Waals surface area contributed by atoms with Crippen LogP contribution in [0.25, 0.3) is 11.5 Å². The quantitative estimate of drug-likeness (QED) is 0.0268. The number of aliphatic hydroxyl groups is 23. The SMILES string of the molecule is C=CCO[C@@H]1OC(CO)[C@H](O[C@@H](O)C(O)C(O[C@@H]2OC(CO)[C@H](O[C@@H]3OC(C)[C@H](O)C(O)C3O)C(O[C@@H]3OC(CO)[C@H](O)C(O)C3O)C2[NH-])[C@@H](O)C(O)CO[C@@H]2OC(CO)[C@H](O[C@@H]3OC(CO)[C@H](O)C(O)C3O)C(OC3OC(C)[C@@H](O)C(O)C3O)C2[NH-])C(O)C1O.[Ac].[Ac]. The van der Waals surface area contributed by atoms with E-state index >= 15 is 0 Å². The van der Waals surface area contributed by atoms with Crippen molar-refractivity contribution in [3.63, 3.8) is 0 Å². The second-order valence-corrected chi connectivity index (χ2v) is 23.0. The van der Waals surface area contributed by atoms with E-state index in [1.807, 2.05) is 0 Å². The Bertz CT molecular complexity index is 2190. The third-order valence-electron chi connectivity index (χ3n) is 16.7. The Morgan fingerprint density at radius 2 is 0.720 bits per heavy atom. The molecule has 0 amide bonds. The Morgan fingerprint density at radius 1 is 0.376 bits per heavy atom. The third-order valence-corrected chi connectivity index (χ3v) is 16.7. The normalized spacial score (nSPS) is 48.3. The molecule has 7 rings (SSSR count). The van der Waals surface area contributed by atoms with Crippen molar-refractivity contribution in [1.29, 1.82) is 0 Å². The molecule has 7 saturated heterocycles. The van der Waals surface area contributed by atoms with Crippen LogP contribution in [0.4, 0.5) is 0 Å². The average Bonchev–Trinajstić information content (AvgIpc) is 0.796. The molecule has 93 heavy (non-hydrogen) atoms. The Hall–Kier alpha value is 1.02. The molecular weight excluding hydrogens is 1700 g/mol. The number of nitrogens with one attached hydrogen (secondary N) is 2. The first-order valence-electron chi connectivity index (χ1n) is 29.1. The van der Waals surface area contributed by atoms with E-state index in [9.17, 15) is 129 Å². The second-order valence-electron chi connectivity index (χ2n) is 23.0. The van der Waals surface area contributed by atoms with Gasteiger partial charge in [0.15, 0.2) is 37.7 Å². The van der Waals surface area contributed by atoms with E-state index in [0.29, 0.717) is 0 Å². The molecule has 0 aromatic carbocycles. The minimum Gasteiger partial charge on any atom is -0.668 e. The Labute approximate surface area is 601 Å². The number of rotatable bonds is 27. The summed E-state index contributed by atoms with van der Waals surface area (Å²) >= 11 is 0. The molecule has 0 bridgehead atoms. The zero-order valence-electron chi connectivity index (χ0n) is 49.9. The first-order chi connectivity index (χ1) is 43.0. The number of ether oxygens (including phenoxy) is 15. The van der Waals surface area contributed by atoms with E-state index in [2.05, 4.69) is 6.58 Å². The predicted molar refractivity (Wildman–Crippen MR) is 283 cm³/mol. The summed E-state index contributed by atoms with van der Waals surface area (Å²) in [5.74, 6) is 0. The standard InChI is InChI=1S/C51H88N2O38.2Ac/c1-4-5-77-47-36(74)31(69)38(17(8-56)85-47)86-44(76)37(75)43(91-46-21(53)42(90-51-35(73)30(68)26(64)16(7-55)82-51)40(19(10-58)84-46)87-48-32(70)27(65)22(60)12(2)79-48)24(62)14(59)11-78-45-20(52)41(89-49-33(71)28(66)23(61)13(3)80-49)39(18(9-57)83-45)88-50-34(72)29(67)25(63)15(6-54)81-50;;/h4,12-76H,1,5-11H2,2-3H3;;/q-2;;/t12?,13?,14?,15?,16?,17?,18?,19?,20?,21?,22-,23+,24-,25-,26-,27?,28?,29?,30?,31?,32?,33?,34?,35?,36?,37?,38-,39-,40-,41?,42?,43?,44+,45+,46-,47+,48-,49?,50-,51-;;/m0../s1. The molecule has 40 atom stereocenters. The number of aliphatic hydroxyl groups excluding tert-OH is 23. The van der Waals surface area contributed by atoms with Crippen molar-refractivity contribution in [2.24, 2.45) is 0 Å². The van der Waals surface area contributed by atoms with Crippen molar-refractivity contribution in [2.45, 2.75) is 259 Å². The summed E-state index contributed by atoms with van der Waals surface area (Å²) in [5, 5.41) is 250. The second kappa shape index (κ2) is 38.0. The molecule has 7 aliphatic rings. The molecule has 42 heteroatoms. The van der Waals surface area contributed by atoms with Crippen LogP contribution in [0.5, 0.6) is 0 Å². The summed E-state index contributed by atoms with van der Waals surface area (Å²) in [5.41, 5.74) is 18.8. The summed E-state index contributed by atoms with van der Waals surface area (Å²) in [6, 6.07) is -4.37. The number of hydrogen-bond acceptors (Lipinski definition) is 38. The largest absolute Gasteiger partial charge is 0.668 e. The van der Waals surface area contributed by atoms with Crippen molar-refractivity contribution in [3.05, 3.63) is 24.1 Å². The fourth-order valence-corrected chi connectivity index (χ4v) is 11.2. The van der Waals surface area contributed by atoms with E-state index < -0.39 is 285 Å². The zero-order valence-corrected chi connectivity index (χ0v) is 59.4. The van der Waals surface area contributed by atoms with Crippen LogP contribution in [0.2, 0.25) is 0 Å². The topological polar surface area (TPSA) is 651 Å². The van der Waals surface area contributed by atoms with Crippen LogP contribution in [0, 0.1) is 88.1 Å². The maximum Gasteiger partial charge on any atom is 0.187 e. The summed E-state index contributed by atoms with van der Waals surface area (Å²) in [7, 11) is 0. The van der Waals surface area contributed by atoms with Crippen LogP contribution >= 0.6 is 0 Å². The summed E-state index contributed by atoms with van der Waals surface area (Å²) in [4.78, 5) is 0. The van der Waals surface area contributed by atoms with Gasteiger partial charge in [-0.15, -0.1) is 6.58 Å². The molecule has 0 spiro atoms. The predicted octanol–water partition coefficient (Wildman–Crippen LogP) is -14.1. The summed E-state index contributed by atoms with van der Waals surface area (Å²) < 4.78 is 85.7. The summed E-state index contributed by atoms with van der Waals surface area (Å²) in [6.45, 7) is -0.806. The maximum absolute atomic E-state index is 12.1. The molecule has 25 unspecified atom stereocenters. The molecule has 7 aliphatic heterocycles. The van der Waals surface area contributed by atoms with Crippen molar-refractivity contribution < 1.29 is 277 Å². The van der Waals surface area contributed by atoms with Crippen LogP contribution < -0.4 is 0 Å². The van der Waals surface area contributed by atoms with E-state index in [-0.39, 0.29) is 94.7 Å². The minimum absolute atomic E-state index is 0. The third kappa shape index (κ3) is 19.3. The number of hydrogen-bond donors (Lipinski definition) is 23. The van der Waals surface area contributed by atoms with Gasteiger partial charge >= 0.3 is 0 Å². The molecular formula is C51H88Ac2N2O38-2. The van der Waals surface area contributed by atoms with Gasteiger partial charge in [0.05, 0.1) is 70.7 Å². The molecule has 25 N–H and O–H groups in total. The van der Waals surface area contributed by atoms with Gasteiger partial charge in [-0.1, -0.05) is 18.2 Å². The van der Waals surface area contributed by atoms with Gasteiger partial charge in [-0.2, -0.15) is 0 Å². The average molecular weight is 1790 g/mol. The molecule has 2 radical (unpaired) electrons. The van der Waals surface area contributed by atoms with Gasteiger partial charge in [0.1, 0.15) is 171 Å². The van der Waals surface area contributed by atoms with Crippen molar-refractivity contribution in [3.8, 4) is 0 Å². The van der Waals surface area contributed by atoms with Crippen LogP contribution in [-0.4, -0.2) is 409 Å².